The minimum absolute atomic E-state index is 0.643. The van der Waals surface area contributed by atoms with Gasteiger partial charge in [-0.15, -0.1) is 0 Å². The van der Waals surface area contributed by atoms with Crippen LogP contribution in [0.5, 0.6) is 0 Å². The summed E-state index contributed by atoms with van der Waals surface area (Å²) in [6.07, 6.45) is 3.84. The Morgan fingerprint density at radius 1 is 1.21 bits per heavy atom. The van der Waals surface area contributed by atoms with Gasteiger partial charge in [-0.2, -0.15) is 0 Å². The van der Waals surface area contributed by atoms with E-state index in [2.05, 4.69) is 61.0 Å². The molecule has 0 aromatic carbocycles. The molecule has 0 amide bonds. The summed E-state index contributed by atoms with van der Waals surface area (Å²) in [5, 5.41) is 3.32. The number of nitrogens with one attached hydrogen (secondary N) is 1. The maximum Gasteiger partial charge on any atom is 0.0574 e. The average Bonchev–Trinajstić information content (AvgIpc) is 2.34. The van der Waals surface area contributed by atoms with Gasteiger partial charge in [-0.1, -0.05) is 13.8 Å². The summed E-state index contributed by atoms with van der Waals surface area (Å²) in [5.74, 6) is 0.643. The Labute approximate surface area is 117 Å². The van der Waals surface area contributed by atoms with Crippen LogP contribution in [0.4, 0.5) is 11.4 Å². The van der Waals surface area contributed by atoms with Crippen molar-refractivity contribution >= 4 is 11.4 Å². The highest BCUT2D eigenvalue weighted by molar-refractivity contribution is 5.55. The van der Waals surface area contributed by atoms with Gasteiger partial charge in [0, 0.05) is 26.2 Å². The van der Waals surface area contributed by atoms with Crippen molar-refractivity contribution in [1.82, 2.24) is 9.88 Å². The quantitative estimate of drug-likeness (QED) is 0.782. The molecule has 0 bridgehead atoms. The Hall–Kier alpha value is -1.29. The first-order valence-corrected chi connectivity index (χ1v) is 7.11. The molecule has 1 N–H and O–H groups in total. The van der Waals surface area contributed by atoms with Crippen LogP contribution < -0.4 is 10.2 Å². The fourth-order valence-corrected chi connectivity index (χ4v) is 1.99. The summed E-state index contributed by atoms with van der Waals surface area (Å²) in [6, 6.07) is 2.19. The number of pyridine rings is 1. The molecule has 108 valence electrons. The number of likely N-dealkylation sites (N-methyl/N-ethyl adjacent to an activating group) is 1. The van der Waals surface area contributed by atoms with Crippen molar-refractivity contribution in [3.8, 4) is 0 Å². The molecule has 0 spiro atoms. The predicted octanol–water partition coefficient (Wildman–Crippen LogP) is 2.54. The topological polar surface area (TPSA) is 31.4 Å². The maximum absolute atomic E-state index is 4.34. The zero-order valence-corrected chi connectivity index (χ0v) is 13.0. The van der Waals surface area contributed by atoms with Gasteiger partial charge < -0.3 is 15.1 Å². The molecule has 1 heterocycles. The largest absolute Gasteiger partial charge is 0.384 e. The number of hydrogen-bond donors (Lipinski definition) is 1. The van der Waals surface area contributed by atoms with E-state index in [0.717, 1.165) is 31.9 Å². The van der Waals surface area contributed by atoms with Crippen molar-refractivity contribution in [3.63, 3.8) is 0 Å². The van der Waals surface area contributed by atoms with Gasteiger partial charge >= 0.3 is 0 Å². The Kier molecular flexibility index (Phi) is 6.64. The van der Waals surface area contributed by atoms with Gasteiger partial charge in [0.25, 0.3) is 0 Å². The maximum atomic E-state index is 4.34. The highest BCUT2D eigenvalue weighted by Gasteiger charge is 2.10. The molecule has 4 heteroatoms. The normalized spacial score (nSPS) is 11.1. The average molecular weight is 264 g/mol. The van der Waals surface area contributed by atoms with Crippen LogP contribution in [0.1, 0.15) is 20.8 Å². The molecule has 1 aromatic rings. The van der Waals surface area contributed by atoms with E-state index in [1.54, 1.807) is 0 Å². The molecule has 19 heavy (non-hydrogen) atoms. The summed E-state index contributed by atoms with van der Waals surface area (Å²) in [4.78, 5) is 8.97. The van der Waals surface area contributed by atoms with Crippen LogP contribution in [0.15, 0.2) is 18.5 Å². The van der Waals surface area contributed by atoms with E-state index in [0.29, 0.717) is 5.92 Å². The van der Waals surface area contributed by atoms with E-state index >= 15 is 0 Å². The van der Waals surface area contributed by atoms with Crippen molar-refractivity contribution in [2.24, 2.45) is 5.92 Å². The SMILES string of the molecule is CCNc1cncc(N(CCN(C)C)CC(C)C)c1. The lowest BCUT2D eigenvalue weighted by Gasteiger charge is -2.28. The third-order valence-corrected chi connectivity index (χ3v) is 2.87. The van der Waals surface area contributed by atoms with Crippen molar-refractivity contribution in [2.45, 2.75) is 20.8 Å². The van der Waals surface area contributed by atoms with Crippen LogP contribution in [0.2, 0.25) is 0 Å². The zero-order chi connectivity index (χ0) is 14.3. The van der Waals surface area contributed by atoms with E-state index in [-0.39, 0.29) is 0 Å². The summed E-state index contributed by atoms with van der Waals surface area (Å²) < 4.78 is 0. The fraction of sp³-hybridized carbons (Fsp3) is 0.667. The first-order chi connectivity index (χ1) is 9.02. The number of rotatable bonds is 8. The molecule has 0 unspecified atom stereocenters. The van der Waals surface area contributed by atoms with Crippen LogP contribution in [0, 0.1) is 5.92 Å². The molecule has 4 nitrogen and oxygen atoms in total. The lowest BCUT2D eigenvalue weighted by atomic mass is 10.2. The predicted molar refractivity (Wildman–Crippen MR) is 84.0 cm³/mol. The van der Waals surface area contributed by atoms with Crippen molar-refractivity contribution < 1.29 is 0 Å². The number of aromatic nitrogens is 1. The van der Waals surface area contributed by atoms with E-state index in [1.807, 2.05) is 12.4 Å². The highest BCUT2D eigenvalue weighted by Crippen LogP contribution is 2.18. The summed E-state index contributed by atoms with van der Waals surface area (Å²) in [7, 11) is 4.22. The molecule has 0 radical (unpaired) electrons. The molecule has 0 saturated carbocycles. The molecule has 0 aliphatic rings. The smallest absolute Gasteiger partial charge is 0.0574 e. The van der Waals surface area contributed by atoms with Gasteiger partial charge in [0.2, 0.25) is 0 Å². The van der Waals surface area contributed by atoms with Gasteiger partial charge in [0.05, 0.1) is 23.8 Å². The third kappa shape index (κ3) is 5.92. The van der Waals surface area contributed by atoms with Gasteiger partial charge in [0.1, 0.15) is 0 Å². The first kappa shape index (κ1) is 15.8. The van der Waals surface area contributed by atoms with Crippen molar-refractivity contribution in [1.29, 1.82) is 0 Å². The fourth-order valence-electron chi connectivity index (χ4n) is 1.99. The molecule has 0 fully saturated rings. The summed E-state index contributed by atoms with van der Waals surface area (Å²) in [6.45, 7) is 10.7. The number of hydrogen-bond acceptors (Lipinski definition) is 4. The molecule has 0 aliphatic heterocycles. The van der Waals surface area contributed by atoms with Crippen molar-refractivity contribution in [3.05, 3.63) is 18.5 Å². The lowest BCUT2D eigenvalue weighted by molar-refractivity contribution is 0.409. The van der Waals surface area contributed by atoms with Crippen molar-refractivity contribution in [2.75, 3.05) is 50.5 Å². The Morgan fingerprint density at radius 3 is 2.53 bits per heavy atom. The first-order valence-electron chi connectivity index (χ1n) is 7.11. The van der Waals surface area contributed by atoms with E-state index < -0.39 is 0 Å². The van der Waals surface area contributed by atoms with Crippen LogP contribution in [-0.4, -0.2) is 50.2 Å². The van der Waals surface area contributed by atoms with Crippen LogP contribution >= 0.6 is 0 Å². The second kappa shape index (κ2) is 8.00. The molecular formula is C15H28N4. The van der Waals surface area contributed by atoms with Gasteiger partial charge in [0.15, 0.2) is 0 Å². The van der Waals surface area contributed by atoms with Gasteiger partial charge in [-0.25, -0.2) is 0 Å². The minimum atomic E-state index is 0.643. The molecule has 0 saturated heterocycles. The Balaban J connectivity index is 2.79. The molecule has 0 atom stereocenters. The molecule has 1 rings (SSSR count). The van der Waals surface area contributed by atoms with Crippen LogP contribution in [0.3, 0.4) is 0 Å². The zero-order valence-electron chi connectivity index (χ0n) is 13.0. The molecule has 1 aromatic heterocycles. The number of anilines is 2. The Morgan fingerprint density at radius 2 is 1.95 bits per heavy atom. The number of nitrogens with zero attached hydrogens (tertiary/aromatic N) is 3. The lowest BCUT2D eigenvalue weighted by Crippen LogP contribution is -2.34. The Bertz CT molecular complexity index is 363. The van der Waals surface area contributed by atoms with E-state index in [4.69, 9.17) is 0 Å². The highest BCUT2D eigenvalue weighted by atomic mass is 15.2. The molecule has 0 aliphatic carbocycles. The second-order valence-electron chi connectivity index (χ2n) is 5.61. The van der Waals surface area contributed by atoms with Crippen LogP contribution in [0.25, 0.3) is 0 Å². The van der Waals surface area contributed by atoms with Crippen LogP contribution in [-0.2, 0) is 0 Å². The monoisotopic (exact) mass is 264 g/mol. The van der Waals surface area contributed by atoms with Gasteiger partial charge in [-0.05, 0) is 33.0 Å². The second-order valence-corrected chi connectivity index (χ2v) is 5.61. The standard InChI is InChI=1S/C15H28N4/c1-6-17-14-9-15(11-16-10-14)19(12-13(2)3)8-7-18(4)5/h9-11,13,17H,6-8,12H2,1-5H3. The summed E-state index contributed by atoms with van der Waals surface area (Å²) in [5.41, 5.74) is 2.30. The van der Waals surface area contributed by atoms with Gasteiger partial charge in [-0.3, -0.25) is 4.98 Å². The van der Waals surface area contributed by atoms with E-state index in [1.165, 1.54) is 5.69 Å². The van der Waals surface area contributed by atoms with E-state index in [9.17, 15) is 0 Å². The molecular weight excluding hydrogens is 236 g/mol. The minimum Gasteiger partial charge on any atom is -0.384 e. The third-order valence-electron chi connectivity index (χ3n) is 2.87. The summed E-state index contributed by atoms with van der Waals surface area (Å²) >= 11 is 0.